The first kappa shape index (κ1) is 18.5. The molecule has 102 valence electrons. The molecule has 0 aliphatic heterocycles. The van der Waals surface area contributed by atoms with Gasteiger partial charge in [-0.25, -0.2) is 0 Å². The topological polar surface area (TPSA) is 91.7 Å². The summed E-state index contributed by atoms with van der Waals surface area (Å²) in [6.07, 6.45) is 0. The summed E-state index contributed by atoms with van der Waals surface area (Å²) >= 11 is 0. The third kappa shape index (κ3) is 5.45. The smallest absolute Gasteiger partial charge is 0.314 e. The van der Waals surface area contributed by atoms with Gasteiger partial charge in [0, 0.05) is 0 Å². The molecule has 0 fully saturated rings. The minimum absolute atomic E-state index is 0.617. The summed E-state index contributed by atoms with van der Waals surface area (Å²) in [5, 5.41) is 0. The van der Waals surface area contributed by atoms with E-state index in [9.17, 15) is 9.59 Å². The van der Waals surface area contributed by atoms with Gasteiger partial charge in [0.1, 0.15) is 0 Å². The average Bonchev–Trinajstić information content (AvgIpc) is 2.47. The van der Waals surface area contributed by atoms with Gasteiger partial charge in [-0.15, -0.1) is 0 Å². The van der Waals surface area contributed by atoms with Crippen molar-refractivity contribution in [2.24, 2.45) is 5.73 Å². The zero-order valence-corrected chi connectivity index (χ0v) is 11.7. The number of aromatic amines is 2. The van der Waals surface area contributed by atoms with E-state index < -0.39 is 11.1 Å². The van der Waals surface area contributed by atoms with Crippen LogP contribution >= 0.6 is 0 Å². The molecule has 0 unspecified atom stereocenters. The van der Waals surface area contributed by atoms with Crippen LogP contribution in [0.15, 0.2) is 33.9 Å². The Bertz CT molecular complexity index is 481. The fraction of sp³-hybridized carbons (Fsp3) is 0.385. The molecule has 0 bridgehead atoms. The molecule has 0 saturated heterocycles. The first-order chi connectivity index (χ1) is 8.77. The van der Waals surface area contributed by atoms with Gasteiger partial charge in [0.2, 0.25) is 0 Å². The van der Waals surface area contributed by atoms with E-state index in [-0.39, 0.29) is 0 Å². The second kappa shape index (κ2) is 11.6. The largest absolute Gasteiger partial charge is 0.333 e. The molecule has 2 aromatic rings. The third-order valence-electron chi connectivity index (χ3n) is 1.63. The molecule has 5 heteroatoms. The number of rotatable bonds is 0. The Morgan fingerprint density at radius 2 is 1.06 bits per heavy atom. The van der Waals surface area contributed by atoms with Crippen molar-refractivity contribution >= 4 is 11.0 Å². The standard InChI is InChI=1S/C8H6N2O2.2C2H6.CH5N/c11-7-8(12)10-6-4-2-1-3-5(6)9-7;3*1-2/h1-4H,(H,9,11)(H,10,12);2*1-2H3;2H2,1H3. The molecule has 1 heterocycles. The molecule has 0 radical (unpaired) electrons. The monoisotopic (exact) mass is 253 g/mol. The van der Waals surface area contributed by atoms with Gasteiger partial charge in [0.15, 0.2) is 0 Å². The number of para-hydroxylation sites is 2. The quantitative estimate of drug-likeness (QED) is 0.625. The van der Waals surface area contributed by atoms with Gasteiger partial charge in [-0.1, -0.05) is 39.8 Å². The minimum Gasteiger partial charge on any atom is -0.333 e. The highest BCUT2D eigenvalue weighted by molar-refractivity contribution is 5.72. The van der Waals surface area contributed by atoms with Gasteiger partial charge >= 0.3 is 11.1 Å². The number of benzene rings is 1. The van der Waals surface area contributed by atoms with Gasteiger partial charge in [-0.3, -0.25) is 9.59 Å². The van der Waals surface area contributed by atoms with E-state index in [4.69, 9.17) is 0 Å². The summed E-state index contributed by atoms with van der Waals surface area (Å²) < 4.78 is 0. The van der Waals surface area contributed by atoms with E-state index >= 15 is 0 Å². The van der Waals surface area contributed by atoms with Crippen LogP contribution in [0.1, 0.15) is 27.7 Å². The first-order valence-electron chi connectivity index (χ1n) is 6.06. The summed E-state index contributed by atoms with van der Waals surface area (Å²) in [4.78, 5) is 26.6. The van der Waals surface area contributed by atoms with Crippen LogP contribution in [0, 0.1) is 0 Å². The fourth-order valence-corrected chi connectivity index (χ4v) is 1.06. The van der Waals surface area contributed by atoms with Crippen LogP contribution in [0.4, 0.5) is 0 Å². The van der Waals surface area contributed by atoms with Crippen molar-refractivity contribution in [2.45, 2.75) is 27.7 Å². The maximum absolute atomic E-state index is 10.8. The lowest BCUT2D eigenvalue weighted by molar-refractivity contribution is 1.15. The van der Waals surface area contributed by atoms with Crippen molar-refractivity contribution < 1.29 is 0 Å². The zero-order valence-electron chi connectivity index (χ0n) is 11.7. The Kier molecular flexibility index (Phi) is 11.9. The SMILES string of the molecule is CC.CC.CN.O=c1[nH]c2ccccc2[nH]c1=O. The molecule has 0 amide bonds. The van der Waals surface area contributed by atoms with Crippen LogP contribution < -0.4 is 16.9 Å². The Morgan fingerprint density at radius 3 is 1.33 bits per heavy atom. The van der Waals surface area contributed by atoms with E-state index in [1.807, 2.05) is 27.7 Å². The van der Waals surface area contributed by atoms with Gasteiger partial charge in [-0.2, -0.15) is 0 Å². The predicted octanol–water partition coefficient (Wildman–Crippen LogP) is 1.84. The molecule has 18 heavy (non-hydrogen) atoms. The number of hydrogen-bond acceptors (Lipinski definition) is 3. The van der Waals surface area contributed by atoms with Crippen molar-refractivity contribution in [3.05, 3.63) is 45.0 Å². The van der Waals surface area contributed by atoms with Gasteiger partial charge < -0.3 is 15.7 Å². The van der Waals surface area contributed by atoms with Crippen LogP contribution in [-0.2, 0) is 0 Å². The van der Waals surface area contributed by atoms with Crippen molar-refractivity contribution in [3.63, 3.8) is 0 Å². The maximum Gasteiger partial charge on any atom is 0.314 e. The van der Waals surface area contributed by atoms with Gasteiger partial charge in [-0.05, 0) is 19.2 Å². The second-order valence-electron chi connectivity index (χ2n) is 2.45. The highest BCUT2D eigenvalue weighted by atomic mass is 16.2. The Labute approximate surface area is 107 Å². The number of nitrogens with one attached hydrogen (secondary N) is 2. The predicted molar refractivity (Wildman–Crippen MR) is 78.0 cm³/mol. The lowest BCUT2D eigenvalue weighted by atomic mass is 10.3. The van der Waals surface area contributed by atoms with Gasteiger partial charge in [0.25, 0.3) is 0 Å². The molecule has 0 aliphatic carbocycles. The summed E-state index contributed by atoms with van der Waals surface area (Å²) in [5.74, 6) is 0. The molecule has 0 aliphatic rings. The number of fused-ring (bicyclic) bond motifs is 1. The Morgan fingerprint density at radius 1 is 0.778 bits per heavy atom. The molecule has 5 nitrogen and oxygen atoms in total. The summed E-state index contributed by atoms with van der Waals surface area (Å²) in [6, 6.07) is 7.03. The maximum atomic E-state index is 10.8. The molecule has 1 aromatic carbocycles. The Balaban J connectivity index is 0. The fourth-order valence-electron chi connectivity index (χ4n) is 1.06. The number of nitrogens with two attached hydrogens (primary N) is 1. The van der Waals surface area contributed by atoms with E-state index in [1.165, 1.54) is 7.05 Å². The Hall–Kier alpha value is -1.88. The summed E-state index contributed by atoms with van der Waals surface area (Å²) in [5.41, 5.74) is 4.55. The molecule has 4 N–H and O–H groups in total. The highest BCUT2D eigenvalue weighted by Crippen LogP contribution is 2.01. The molecule has 1 aromatic heterocycles. The van der Waals surface area contributed by atoms with E-state index in [0.717, 1.165) is 0 Å². The van der Waals surface area contributed by atoms with Crippen molar-refractivity contribution in [1.29, 1.82) is 0 Å². The van der Waals surface area contributed by atoms with E-state index in [1.54, 1.807) is 24.3 Å². The molecule has 0 saturated carbocycles. The van der Waals surface area contributed by atoms with E-state index in [0.29, 0.717) is 11.0 Å². The molecule has 2 rings (SSSR count). The van der Waals surface area contributed by atoms with Gasteiger partial charge in [0.05, 0.1) is 11.0 Å². The van der Waals surface area contributed by atoms with Crippen LogP contribution in [-0.4, -0.2) is 17.0 Å². The molecule has 0 spiro atoms. The second-order valence-corrected chi connectivity index (χ2v) is 2.45. The molecule has 0 atom stereocenters. The first-order valence-corrected chi connectivity index (χ1v) is 6.06. The van der Waals surface area contributed by atoms with Crippen LogP contribution in [0.3, 0.4) is 0 Å². The molecular weight excluding hydrogens is 230 g/mol. The number of aromatic nitrogens is 2. The van der Waals surface area contributed by atoms with Crippen molar-refractivity contribution in [3.8, 4) is 0 Å². The number of H-pyrrole nitrogens is 2. The van der Waals surface area contributed by atoms with Crippen LogP contribution in [0.25, 0.3) is 11.0 Å². The van der Waals surface area contributed by atoms with Crippen molar-refractivity contribution in [2.75, 3.05) is 7.05 Å². The van der Waals surface area contributed by atoms with Crippen molar-refractivity contribution in [1.82, 2.24) is 9.97 Å². The van der Waals surface area contributed by atoms with Crippen LogP contribution in [0.5, 0.6) is 0 Å². The minimum atomic E-state index is -0.617. The lowest BCUT2D eigenvalue weighted by Gasteiger charge is -1.93. The summed E-state index contributed by atoms with van der Waals surface area (Å²) in [6.45, 7) is 8.00. The summed E-state index contributed by atoms with van der Waals surface area (Å²) in [7, 11) is 1.50. The normalized spacial score (nSPS) is 7.89. The number of hydrogen-bond donors (Lipinski definition) is 3. The highest BCUT2D eigenvalue weighted by Gasteiger charge is 1.95. The molecular formula is C13H23N3O2. The average molecular weight is 253 g/mol. The zero-order chi connectivity index (χ0) is 14.6. The third-order valence-corrected chi connectivity index (χ3v) is 1.63. The lowest BCUT2D eigenvalue weighted by Crippen LogP contribution is -2.28. The van der Waals surface area contributed by atoms with Crippen LogP contribution in [0.2, 0.25) is 0 Å². The van der Waals surface area contributed by atoms with E-state index in [2.05, 4.69) is 15.7 Å².